The summed E-state index contributed by atoms with van der Waals surface area (Å²) < 4.78 is 47.0. The van der Waals surface area contributed by atoms with Crippen molar-refractivity contribution in [3.8, 4) is 6.07 Å². The first-order valence-electron chi connectivity index (χ1n) is 10.5. The Kier molecular flexibility index (Phi) is 6.95. The molecule has 0 bridgehead atoms. The molecule has 184 valence electrons. The Bertz CT molecular complexity index is 1300. The Morgan fingerprint density at radius 1 is 1.34 bits per heavy atom. The Labute approximate surface area is 202 Å². The van der Waals surface area contributed by atoms with Crippen molar-refractivity contribution in [2.45, 2.75) is 38.8 Å². The molecule has 0 spiro atoms. The maximum atomic E-state index is 13.2. The van der Waals surface area contributed by atoms with Crippen molar-refractivity contribution < 1.29 is 17.9 Å². The Balaban J connectivity index is 1.37. The molecular formula is C21H20ClF3N8O2. The van der Waals surface area contributed by atoms with Crippen LogP contribution in [-0.2, 0) is 30.6 Å². The van der Waals surface area contributed by atoms with Gasteiger partial charge < -0.3 is 15.0 Å². The third kappa shape index (κ3) is 5.39. The first kappa shape index (κ1) is 24.5. The molecule has 3 aromatic rings. The van der Waals surface area contributed by atoms with E-state index in [9.17, 15) is 18.0 Å². The van der Waals surface area contributed by atoms with Crippen molar-refractivity contribution in [1.82, 2.24) is 25.0 Å². The Hall–Kier alpha value is -3.63. The largest absolute Gasteiger partial charge is 0.423 e. The molecule has 0 radical (unpaired) electrons. The highest BCUT2D eigenvalue weighted by atomic mass is 35.5. The second-order valence-corrected chi connectivity index (χ2v) is 8.29. The lowest BCUT2D eigenvalue weighted by atomic mass is 10.2. The maximum Gasteiger partial charge on any atom is 0.423 e. The number of nitrogens with zero attached hydrogens (tertiary/aromatic N) is 6. The highest BCUT2D eigenvalue weighted by Gasteiger charge is 2.37. The third-order valence-corrected chi connectivity index (χ3v) is 5.77. The number of H-pyrrole nitrogens is 1. The highest BCUT2D eigenvalue weighted by Crippen LogP contribution is 2.32. The van der Waals surface area contributed by atoms with Gasteiger partial charge in [0.15, 0.2) is 0 Å². The van der Waals surface area contributed by atoms with E-state index in [4.69, 9.17) is 21.6 Å². The number of halogens is 4. The summed E-state index contributed by atoms with van der Waals surface area (Å²) in [7, 11) is 0. The van der Waals surface area contributed by atoms with Crippen LogP contribution in [0.4, 0.5) is 24.7 Å². The van der Waals surface area contributed by atoms with Crippen LogP contribution in [0.15, 0.2) is 29.3 Å². The Morgan fingerprint density at radius 2 is 2.14 bits per heavy atom. The molecule has 3 aromatic heterocycles. The van der Waals surface area contributed by atoms with Crippen molar-refractivity contribution in [2.24, 2.45) is 0 Å². The van der Waals surface area contributed by atoms with E-state index >= 15 is 0 Å². The lowest BCUT2D eigenvalue weighted by Gasteiger charge is -2.28. The second-order valence-electron chi connectivity index (χ2n) is 7.92. The van der Waals surface area contributed by atoms with Crippen molar-refractivity contribution in [3.05, 3.63) is 62.4 Å². The molecule has 1 atom stereocenters. The number of hydrogen-bond acceptors (Lipinski definition) is 8. The fraction of sp³-hybridized carbons (Fsp3) is 0.381. The zero-order chi connectivity index (χ0) is 25.2. The predicted octanol–water partition coefficient (Wildman–Crippen LogP) is 2.94. The van der Waals surface area contributed by atoms with Crippen LogP contribution in [0.1, 0.15) is 29.4 Å². The van der Waals surface area contributed by atoms with Gasteiger partial charge in [-0.25, -0.2) is 10.1 Å². The fourth-order valence-electron chi connectivity index (χ4n) is 3.70. The summed E-state index contributed by atoms with van der Waals surface area (Å²) in [4.78, 5) is 17.9. The Morgan fingerprint density at radius 3 is 2.83 bits per heavy atom. The van der Waals surface area contributed by atoms with Gasteiger partial charge in [0.05, 0.1) is 54.5 Å². The van der Waals surface area contributed by atoms with Gasteiger partial charge in [0.25, 0.3) is 5.56 Å². The van der Waals surface area contributed by atoms with Crippen LogP contribution < -0.4 is 15.8 Å². The number of rotatable bonds is 7. The first-order valence-corrected chi connectivity index (χ1v) is 10.9. The number of aromatic nitrogens is 5. The number of nitriles is 1. The fourth-order valence-corrected chi connectivity index (χ4v) is 3.95. The summed E-state index contributed by atoms with van der Waals surface area (Å²) in [6, 6.07) is 4.95. The predicted molar refractivity (Wildman–Crippen MR) is 120 cm³/mol. The number of nitrogens with one attached hydrogen (secondary N) is 2. The van der Waals surface area contributed by atoms with Crippen molar-refractivity contribution in [1.29, 1.82) is 5.26 Å². The van der Waals surface area contributed by atoms with E-state index in [2.05, 4.69) is 20.5 Å². The molecule has 4 rings (SSSR count). The van der Waals surface area contributed by atoms with Crippen LogP contribution in [-0.4, -0.2) is 44.2 Å². The summed E-state index contributed by atoms with van der Waals surface area (Å²) in [6.07, 6.45) is -2.41. The quantitative estimate of drug-likeness (QED) is 0.499. The van der Waals surface area contributed by atoms with E-state index < -0.39 is 29.0 Å². The number of aromatic amines is 1. The van der Waals surface area contributed by atoms with Gasteiger partial charge >= 0.3 is 6.18 Å². The van der Waals surface area contributed by atoms with Crippen molar-refractivity contribution in [2.75, 3.05) is 23.4 Å². The van der Waals surface area contributed by atoms with E-state index in [1.807, 2.05) is 11.0 Å². The maximum absolute atomic E-state index is 13.2. The summed E-state index contributed by atoms with van der Waals surface area (Å²) in [5, 5.41) is 21.7. The van der Waals surface area contributed by atoms with Crippen molar-refractivity contribution >= 4 is 23.1 Å². The van der Waals surface area contributed by atoms with E-state index in [-0.39, 0.29) is 13.2 Å². The minimum Gasteiger partial charge on any atom is -0.378 e. The standard InChI is InChI=1S/C21H20ClF3N8O2/c1-12(29-14-8-28-30-20(34)18(14)21(23,24)25)10-35-11-15-19(22)16-9-32(4-5-33(16)31-15)17-3-2-13(6-26)7-27-17/h2-3,7-8,12H,4-5,9-11H2,1H3,(H2,29,30,34)/t12-/m0/s1. The SMILES string of the molecule is C[C@@H](COCc1nn2c(c1Cl)CN(c1ccc(C#N)cn1)CC2)Nc1cn[nH]c(=O)c1C(F)(F)F. The molecule has 4 heterocycles. The molecule has 0 fully saturated rings. The highest BCUT2D eigenvalue weighted by molar-refractivity contribution is 6.31. The third-order valence-electron chi connectivity index (χ3n) is 5.33. The van der Waals surface area contributed by atoms with E-state index in [1.54, 1.807) is 28.8 Å². The summed E-state index contributed by atoms with van der Waals surface area (Å²) in [5.41, 5.74) is -1.32. The van der Waals surface area contributed by atoms with Gasteiger partial charge in [-0.05, 0) is 19.1 Å². The molecule has 0 aliphatic carbocycles. The van der Waals surface area contributed by atoms with Crippen LogP contribution in [0.2, 0.25) is 5.02 Å². The lowest BCUT2D eigenvalue weighted by molar-refractivity contribution is -0.138. The molecule has 1 aliphatic rings. The molecule has 0 saturated carbocycles. The first-order chi connectivity index (χ1) is 16.7. The number of hydrogen-bond donors (Lipinski definition) is 2. The van der Waals surface area contributed by atoms with E-state index in [1.165, 1.54) is 6.20 Å². The zero-order valence-corrected chi connectivity index (χ0v) is 19.2. The lowest BCUT2D eigenvalue weighted by Crippen LogP contribution is -2.34. The van der Waals surface area contributed by atoms with Gasteiger partial charge in [0.1, 0.15) is 23.1 Å². The summed E-state index contributed by atoms with van der Waals surface area (Å²) >= 11 is 6.54. The van der Waals surface area contributed by atoms with Crippen LogP contribution in [0.25, 0.3) is 0 Å². The minimum absolute atomic E-state index is 0.0317. The molecule has 0 amide bonds. The van der Waals surface area contributed by atoms with Gasteiger partial charge in [-0.15, -0.1) is 0 Å². The molecule has 1 aliphatic heterocycles. The smallest absolute Gasteiger partial charge is 0.378 e. The van der Waals surface area contributed by atoms with Crippen LogP contribution in [0.3, 0.4) is 0 Å². The summed E-state index contributed by atoms with van der Waals surface area (Å²) in [5.74, 6) is 0.720. The van der Waals surface area contributed by atoms with E-state index in [0.29, 0.717) is 35.9 Å². The molecule has 0 saturated heterocycles. The number of fused-ring (bicyclic) bond motifs is 1. The summed E-state index contributed by atoms with van der Waals surface area (Å²) in [6.45, 7) is 3.40. The van der Waals surface area contributed by atoms with Gasteiger partial charge in [0, 0.05) is 18.8 Å². The van der Waals surface area contributed by atoms with Crippen LogP contribution in [0.5, 0.6) is 0 Å². The molecule has 35 heavy (non-hydrogen) atoms. The van der Waals surface area contributed by atoms with Crippen LogP contribution >= 0.6 is 11.6 Å². The molecule has 14 heteroatoms. The molecule has 0 aromatic carbocycles. The van der Waals surface area contributed by atoms with Gasteiger partial charge in [-0.1, -0.05) is 11.6 Å². The van der Waals surface area contributed by atoms with Gasteiger partial charge in [-0.3, -0.25) is 9.48 Å². The van der Waals surface area contributed by atoms with Crippen molar-refractivity contribution in [3.63, 3.8) is 0 Å². The minimum atomic E-state index is -4.83. The number of alkyl halides is 3. The second kappa shape index (κ2) is 9.93. The normalized spacial score (nSPS) is 14.3. The molecule has 10 nitrogen and oxygen atoms in total. The number of anilines is 2. The van der Waals surface area contributed by atoms with Gasteiger partial charge in [-0.2, -0.15) is 28.6 Å². The number of ether oxygens (including phenoxy) is 1. The number of pyridine rings is 1. The topological polar surface area (TPSA) is 125 Å². The zero-order valence-electron chi connectivity index (χ0n) is 18.4. The van der Waals surface area contributed by atoms with Crippen LogP contribution in [0, 0.1) is 11.3 Å². The molecule has 2 N–H and O–H groups in total. The monoisotopic (exact) mass is 508 g/mol. The van der Waals surface area contributed by atoms with E-state index in [0.717, 1.165) is 17.7 Å². The molecular weight excluding hydrogens is 489 g/mol. The average molecular weight is 509 g/mol. The van der Waals surface area contributed by atoms with Gasteiger partial charge in [0.2, 0.25) is 0 Å². The molecule has 0 unspecified atom stereocenters. The average Bonchev–Trinajstić information content (AvgIpc) is 3.13.